The van der Waals surface area contributed by atoms with Gasteiger partial charge in [-0.05, 0) is 24.8 Å². The molecule has 2 atom stereocenters. The third kappa shape index (κ3) is 4.53. The number of hydrogen-bond donors (Lipinski definition) is 2. The van der Waals surface area contributed by atoms with Gasteiger partial charge in [-0.1, -0.05) is 25.0 Å². The van der Waals surface area contributed by atoms with Gasteiger partial charge in [-0.25, -0.2) is 0 Å². The number of carbonyl (C=O) groups excluding carboxylic acids is 1. The number of nitrogens with zero attached hydrogens (tertiary/aromatic N) is 1. The summed E-state index contributed by atoms with van der Waals surface area (Å²) >= 11 is 0. The zero-order chi connectivity index (χ0) is 15.2. The molecule has 6 nitrogen and oxygen atoms in total. The lowest BCUT2D eigenvalue weighted by atomic mass is 9.92. The van der Waals surface area contributed by atoms with E-state index in [0.29, 0.717) is 6.42 Å². The molecule has 6 heteroatoms. The lowest BCUT2D eigenvalue weighted by molar-refractivity contribution is -0.384. The van der Waals surface area contributed by atoms with E-state index >= 15 is 0 Å². The summed E-state index contributed by atoms with van der Waals surface area (Å²) in [5.41, 5.74) is 0.805. The van der Waals surface area contributed by atoms with Crippen molar-refractivity contribution in [3.8, 4) is 0 Å². The Kier molecular flexibility index (Phi) is 5.27. The lowest BCUT2D eigenvalue weighted by Gasteiger charge is -2.28. The van der Waals surface area contributed by atoms with Crippen molar-refractivity contribution in [2.75, 3.05) is 0 Å². The minimum absolute atomic E-state index is 0.0376. The maximum Gasteiger partial charge on any atom is 0.269 e. The van der Waals surface area contributed by atoms with Crippen molar-refractivity contribution >= 4 is 11.6 Å². The van der Waals surface area contributed by atoms with Crippen LogP contribution in [0.4, 0.5) is 5.69 Å². The molecule has 1 aromatic carbocycles. The number of non-ortho nitro benzene ring substituents is 1. The number of aryl methyl sites for hydroxylation is 1. The van der Waals surface area contributed by atoms with Gasteiger partial charge in [0.05, 0.1) is 17.1 Å². The summed E-state index contributed by atoms with van der Waals surface area (Å²) in [6.07, 6.45) is 3.83. The topological polar surface area (TPSA) is 92.5 Å². The molecule has 1 aliphatic rings. The van der Waals surface area contributed by atoms with Crippen molar-refractivity contribution in [1.82, 2.24) is 5.32 Å². The summed E-state index contributed by atoms with van der Waals surface area (Å²) in [6.45, 7) is 0. The van der Waals surface area contributed by atoms with Crippen LogP contribution in [0.15, 0.2) is 24.3 Å². The van der Waals surface area contributed by atoms with E-state index in [2.05, 4.69) is 5.32 Å². The fraction of sp³-hybridized carbons (Fsp3) is 0.533. The third-order valence-corrected chi connectivity index (χ3v) is 3.84. The van der Waals surface area contributed by atoms with Crippen LogP contribution in [0.5, 0.6) is 0 Å². The molecule has 114 valence electrons. The van der Waals surface area contributed by atoms with E-state index in [4.69, 9.17) is 0 Å². The van der Waals surface area contributed by atoms with Crippen LogP contribution in [0.2, 0.25) is 0 Å². The van der Waals surface area contributed by atoms with E-state index in [-0.39, 0.29) is 24.1 Å². The van der Waals surface area contributed by atoms with Crippen molar-refractivity contribution < 1.29 is 14.8 Å². The third-order valence-electron chi connectivity index (χ3n) is 3.84. The Bertz CT molecular complexity index is 518. The molecule has 2 rings (SSSR count). The molecule has 0 heterocycles. The Morgan fingerprint density at radius 3 is 2.86 bits per heavy atom. The number of hydrogen-bond acceptors (Lipinski definition) is 4. The number of nitrogens with one attached hydrogen (secondary N) is 1. The van der Waals surface area contributed by atoms with Crippen molar-refractivity contribution in [3.05, 3.63) is 39.9 Å². The highest BCUT2D eigenvalue weighted by molar-refractivity contribution is 5.76. The Morgan fingerprint density at radius 2 is 2.14 bits per heavy atom. The van der Waals surface area contributed by atoms with Crippen LogP contribution in [0.3, 0.4) is 0 Å². The van der Waals surface area contributed by atoms with Crippen LogP contribution in [0, 0.1) is 10.1 Å². The minimum atomic E-state index is -0.458. The summed E-state index contributed by atoms with van der Waals surface area (Å²) in [6, 6.07) is 6.16. The van der Waals surface area contributed by atoms with Gasteiger partial charge < -0.3 is 10.4 Å². The minimum Gasteiger partial charge on any atom is -0.391 e. The fourth-order valence-corrected chi connectivity index (χ4v) is 2.64. The van der Waals surface area contributed by atoms with E-state index < -0.39 is 11.0 Å². The van der Waals surface area contributed by atoms with E-state index in [1.807, 2.05) is 0 Å². The Balaban J connectivity index is 1.83. The van der Waals surface area contributed by atoms with Gasteiger partial charge in [-0.3, -0.25) is 14.9 Å². The van der Waals surface area contributed by atoms with Gasteiger partial charge in [-0.2, -0.15) is 0 Å². The van der Waals surface area contributed by atoms with E-state index in [1.54, 1.807) is 12.1 Å². The number of nitro groups is 1. The van der Waals surface area contributed by atoms with Gasteiger partial charge in [0.2, 0.25) is 5.91 Å². The standard InChI is InChI=1S/C15H20N2O4/c18-14-7-2-1-6-13(14)16-15(19)9-8-11-4-3-5-12(10-11)17(20)21/h3-5,10,13-14,18H,1-2,6-9H2,(H,16,19). The molecule has 1 aromatic rings. The predicted molar refractivity (Wildman–Crippen MR) is 77.8 cm³/mol. The fourth-order valence-electron chi connectivity index (χ4n) is 2.64. The second kappa shape index (κ2) is 7.17. The molecule has 1 saturated carbocycles. The van der Waals surface area contributed by atoms with Gasteiger partial charge in [-0.15, -0.1) is 0 Å². The number of nitro benzene ring substituents is 1. The second-order valence-electron chi connectivity index (χ2n) is 5.45. The molecule has 1 fully saturated rings. The molecule has 1 amide bonds. The molecule has 0 saturated heterocycles. The molecule has 0 bridgehead atoms. The average molecular weight is 292 g/mol. The van der Waals surface area contributed by atoms with Gasteiger partial charge in [0, 0.05) is 18.6 Å². The van der Waals surface area contributed by atoms with Crippen LogP contribution in [0.1, 0.15) is 37.7 Å². The van der Waals surface area contributed by atoms with Gasteiger partial charge in [0.25, 0.3) is 5.69 Å². The van der Waals surface area contributed by atoms with Crippen LogP contribution in [0.25, 0.3) is 0 Å². The first kappa shape index (κ1) is 15.4. The molecule has 2 N–H and O–H groups in total. The molecular formula is C15H20N2O4. The van der Waals surface area contributed by atoms with Crippen molar-refractivity contribution in [2.24, 2.45) is 0 Å². The highest BCUT2D eigenvalue weighted by atomic mass is 16.6. The summed E-state index contributed by atoms with van der Waals surface area (Å²) in [5, 5.41) is 23.4. The molecule has 0 aromatic heterocycles. The first-order valence-electron chi connectivity index (χ1n) is 7.27. The Hall–Kier alpha value is -1.95. The molecule has 0 radical (unpaired) electrons. The predicted octanol–water partition coefficient (Wildman–Crippen LogP) is 1.95. The summed E-state index contributed by atoms with van der Waals surface area (Å²) in [7, 11) is 0. The van der Waals surface area contributed by atoms with Crippen LogP contribution < -0.4 is 5.32 Å². The highest BCUT2D eigenvalue weighted by Crippen LogP contribution is 2.19. The smallest absolute Gasteiger partial charge is 0.269 e. The molecule has 2 unspecified atom stereocenters. The zero-order valence-corrected chi connectivity index (χ0v) is 11.8. The monoisotopic (exact) mass is 292 g/mol. The SMILES string of the molecule is O=C(CCc1cccc([N+](=O)[O-])c1)NC1CCCCC1O. The number of aliphatic hydroxyl groups excluding tert-OH is 1. The van der Waals surface area contributed by atoms with E-state index in [1.165, 1.54) is 12.1 Å². The quantitative estimate of drug-likeness (QED) is 0.641. The maximum atomic E-state index is 11.9. The number of aliphatic hydroxyl groups is 1. The van der Waals surface area contributed by atoms with Crippen LogP contribution in [-0.4, -0.2) is 28.1 Å². The highest BCUT2D eigenvalue weighted by Gasteiger charge is 2.24. The number of rotatable bonds is 5. The first-order chi connectivity index (χ1) is 10.1. The van der Waals surface area contributed by atoms with E-state index in [9.17, 15) is 20.0 Å². The van der Waals surface area contributed by atoms with Gasteiger partial charge in [0.15, 0.2) is 0 Å². The first-order valence-corrected chi connectivity index (χ1v) is 7.27. The summed E-state index contributed by atoms with van der Waals surface area (Å²) in [5.74, 6) is -0.118. The van der Waals surface area contributed by atoms with Gasteiger partial charge in [0.1, 0.15) is 0 Å². The Morgan fingerprint density at radius 1 is 1.38 bits per heavy atom. The van der Waals surface area contributed by atoms with Gasteiger partial charge >= 0.3 is 0 Å². The van der Waals surface area contributed by atoms with Crippen molar-refractivity contribution in [2.45, 2.75) is 50.7 Å². The van der Waals surface area contributed by atoms with E-state index in [0.717, 1.165) is 31.2 Å². The summed E-state index contributed by atoms with van der Waals surface area (Å²) < 4.78 is 0. The second-order valence-corrected chi connectivity index (χ2v) is 5.45. The van der Waals surface area contributed by atoms with Crippen molar-refractivity contribution in [3.63, 3.8) is 0 Å². The maximum absolute atomic E-state index is 11.9. The lowest BCUT2D eigenvalue weighted by Crippen LogP contribution is -2.45. The number of benzene rings is 1. The average Bonchev–Trinajstić information content (AvgIpc) is 2.48. The molecule has 0 aliphatic heterocycles. The molecule has 1 aliphatic carbocycles. The normalized spacial score (nSPS) is 21.8. The summed E-state index contributed by atoms with van der Waals surface area (Å²) in [4.78, 5) is 22.1. The molecule has 21 heavy (non-hydrogen) atoms. The molecular weight excluding hydrogens is 272 g/mol. The Labute approximate surface area is 123 Å². The number of amides is 1. The largest absolute Gasteiger partial charge is 0.391 e. The van der Waals surface area contributed by atoms with Crippen LogP contribution in [-0.2, 0) is 11.2 Å². The zero-order valence-electron chi connectivity index (χ0n) is 11.8. The van der Waals surface area contributed by atoms with Crippen molar-refractivity contribution in [1.29, 1.82) is 0 Å². The van der Waals surface area contributed by atoms with Crippen LogP contribution >= 0.6 is 0 Å². The number of carbonyl (C=O) groups is 1. The molecule has 0 spiro atoms.